The van der Waals surface area contributed by atoms with Gasteiger partial charge in [-0.1, -0.05) is 158 Å². The summed E-state index contributed by atoms with van der Waals surface area (Å²) in [5, 5.41) is 16.5. The van der Waals surface area contributed by atoms with Crippen LogP contribution < -0.4 is 0 Å². The summed E-state index contributed by atoms with van der Waals surface area (Å²) in [5.41, 5.74) is 13.4. The second-order valence-corrected chi connectivity index (χ2v) is 20.3. The molecule has 3 heteroatoms. The lowest BCUT2D eigenvalue weighted by molar-refractivity contribution is 0.401. The minimum Gasteiger partial charge on any atom is -0.340 e. The molecule has 324 valence electrons. The van der Waals surface area contributed by atoms with Gasteiger partial charge in [-0.2, -0.15) is 0 Å². The van der Waals surface area contributed by atoms with E-state index in [9.17, 15) is 0 Å². The normalized spacial score (nSPS) is 13.2. The number of benzene rings is 9. The fraction of sp³-hybridized carbons (Fsp3) is 0.290. The Kier molecular flexibility index (Phi) is 9.71. The first kappa shape index (κ1) is 40.2. The molecule has 0 bridgehead atoms. The van der Waals surface area contributed by atoms with Gasteiger partial charge in [0.2, 0.25) is 0 Å². The molecular formula is C62H61N3. The van der Waals surface area contributed by atoms with E-state index in [0.717, 1.165) is 32.5 Å². The molecule has 1 unspecified atom stereocenters. The first-order valence-electron chi connectivity index (χ1n) is 24.8. The zero-order valence-electron chi connectivity index (χ0n) is 39.1. The number of aromatic nitrogens is 3. The van der Waals surface area contributed by atoms with Crippen molar-refractivity contribution in [2.45, 2.75) is 99.7 Å². The average molecular weight is 848 g/mol. The molecule has 0 fully saturated rings. The number of aryl methyl sites for hydroxylation is 2. The van der Waals surface area contributed by atoms with E-state index in [1.807, 2.05) is 0 Å². The van der Waals surface area contributed by atoms with E-state index >= 15 is 0 Å². The van der Waals surface area contributed by atoms with Crippen LogP contribution in [0, 0.1) is 17.8 Å². The minimum atomic E-state index is 0.597. The quantitative estimate of drug-likeness (QED) is 0.0765. The van der Waals surface area contributed by atoms with Crippen LogP contribution in [-0.4, -0.2) is 13.7 Å². The Labute approximate surface area is 382 Å². The maximum Gasteiger partial charge on any atom is 0.0504 e. The first-order valence-corrected chi connectivity index (χ1v) is 24.8. The Morgan fingerprint density at radius 1 is 0.385 bits per heavy atom. The van der Waals surface area contributed by atoms with Gasteiger partial charge in [-0.25, -0.2) is 0 Å². The van der Waals surface area contributed by atoms with Gasteiger partial charge < -0.3 is 13.7 Å². The minimum absolute atomic E-state index is 0.597. The molecule has 3 nitrogen and oxygen atoms in total. The Morgan fingerprint density at radius 3 is 1.29 bits per heavy atom. The molecule has 0 aliphatic carbocycles. The molecule has 0 radical (unpaired) electrons. The summed E-state index contributed by atoms with van der Waals surface area (Å²) in [6.45, 7) is 17.2. The van der Waals surface area contributed by atoms with E-state index < -0.39 is 0 Å². The number of para-hydroxylation sites is 2. The van der Waals surface area contributed by atoms with Crippen molar-refractivity contribution >= 4 is 97.7 Å². The van der Waals surface area contributed by atoms with Crippen molar-refractivity contribution in [2.24, 2.45) is 17.8 Å². The van der Waals surface area contributed by atoms with Gasteiger partial charge in [-0.3, -0.25) is 0 Å². The Morgan fingerprint density at radius 2 is 0.831 bits per heavy atom. The highest BCUT2D eigenvalue weighted by molar-refractivity contribution is 6.42. The van der Waals surface area contributed by atoms with Crippen LogP contribution in [0.5, 0.6) is 0 Å². The van der Waals surface area contributed by atoms with Gasteiger partial charge in [0.05, 0.1) is 11.0 Å². The highest BCUT2D eigenvalue weighted by Crippen LogP contribution is 2.51. The molecule has 0 amide bonds. The molecule has 3 heterocycles. The largest absolute Gasteiger partial charge is 0.340 e. The molecule has 9 aromatic carbocycles. The van der Waals surface area contributed by atoms with Crippen LogP contribution in [0.25, 0.3) is 120 Å². The van der Waals surface area contributed by atoms with Crippen molar-refractivity contribution in [1.82, 2.24) is 13.7 Å². The number of rotatable bonds is 14. The van der Waals surface area contributed by atoms with Crippen molar-refractivity contribution in [3.63, 3.8) is 0 Å². The lowest BCUT2D eigenvalue weighted by Crippen LogP contribution is -2.10. The van der Waals surface area contributed by atoms with Gasteiger partial charge in [0, 0.05) is 84.8 Å². The van der Waals surface area contributed by atoms with Crippen LogP contribution >= 0.6 is 0 Å². The van der Waals surface area contributed by atoms with Crippen LogP contribution in [0.4, 0.5) is 0 Å². The molecular weight excluding hydrogens is 787 g/mol. The van der Waals surface area contributed by atoms with Crippen molar-refractivity contribution in [3.8, 4) is 22.3 Å². The summed E-state index contributed by atoms with van der Waals surface area (Å²) < 4.78 is 7.96. The number of unbranched alkanes of at least 4 members (excludes halogenated alkanes) is 1. The third-order valence-corrected chi connectivity index (χ3v) is 15.4. The summed E-state index contributed by atoms with van der Waals surface area (Å²) in [5.74, 6) is 1.87. The number of hydrogen-bond donors (Lipinski definition) is 0. The Bertz CT molecular complexity index is 3500. The molecule has 0 saturated heterocycles. The summed E-state index contributed by atoms with van der Waals surface area (Å²) >= 11 is 0. The molecule has 0 aliphatic heterocycles. The van der Waals surface area contributed by atoms with E-state index in [1.54, 1.807) is 0 Å². The average Bonchev–Trinajstić information content (AvgIpc) is 3.94. The highest BCUT2D eigenvalue weighted by Gasteiger charge is 2.27. The number of hydrogen-bond acceptors (Lipinski definition) is 0. The Balaban J connectivity index is 1.16. The predicted molar refractivity (Wildman–Crippen MR) is 283 cm³/mol. The summed E-state index contributed by atoms with van der Waals surface area (Å²) in [4.78, 5) is 0. The van der Waals surface area contributed by atoms with Crippen LogP contribution in [0.1, 0.15) is 80.1 Å². The number of nitrogens with zero attached hydrogens (tertiary/aromatic N) is 3. The maximum absolute atomic E-state index is 2.77. The van der Waals surface area contributed by atoms with Crippen molar-refractivity contribution in [2.75, 3.05) is 0 Å². The predicted octanol–water partition coefficient (Wildman–Crippen LogP) is 18.0. The van der Waals surface area contributed by atoms with Crippen molar-refractivity contribution in [1.29, 1.82) is 0 Å². The topological polar surface area (TPSA) is 14.8 Å². The second-order valence-electron chi connectivity index (χ2n) is 20.3. The molecule has 12 rings (SSSR count). The molecule has 0 spiro atoms. The summed E-state index contributed by atoms with van der Waals surface area (Å²) in [6.07, 6.45) is 7.22. The van der Waals surface area contributed by atoms with E-state index in [-0.39, 0.29) is 0 Å². The maximum atomic E-state index is 2.77. The van der Waals surface area contributed by atoms with E-state index in [4.69, 9.17) is 0 Å². The van der Waals surface area contributed by atoms with Gasteiger partial charge in [0.25, 0.3) is 0 Å². The molecule has 65 heavy (non-hydrogen) atoms. The SMILES string of the molecule is CCCCC(CC)Cn1c2cc(-c3ccc4c5ccccc5n(CCC(C)C)c4c3)c3cccc4c5cccc6c(-c7ccc8c9ccccc9n(CCC(C)C)c8c7)cc1c(c65)c2c34. The van der Waals surface area contributed by atoms with Gasteiger partial charge in [0.1, 0.15) is 0 Å². The van der Waals surface area contributed by atoms with E-state index in [1.165, 1.54) is 146 Å². The van der Waals surface area contributed by atoms with E-state index in [0.29, 0.717) is 17.8 Å². The van der Waals surface area contributed by atoms with Gasteiger partial charge in [-0.15, -0.1) is 0 Å². The number of fused-ring (bicyclic) bond motifs is 7. The zero-order valence-corrected chi connectivity index (χ0v) is 39.1. The monoisotopic (exact) mass is 847 g/mol. The smallest absolute Gasteiger partial charge is 0.0504 e. The highest BCUT2D eigenvalue weighted by atomic mass is 15.0. The zero-order chi connectivity index (χ0) is 44.1. The third-order valence-electron chi connectivity index (χ3n) is 15.4. The van der Waals surface area contributed by atoms with Crippen LogP contribution in [-0.2, 0) is 19.6 Å². The molecule has 3 aromatic heterocycles. The molecule has 0 aliphatic rings. The third kappa shape index (κ3) is 6.21. The van der Waals surface area contributed by atoms with Gasteiger partial charge >= 0.3 is 0 Å². The van der Waals surface area contributed by atoms with Gasteiger partial charge in [-0.05, 0) is 117 Å². The van der Waals surface area contributed by atoms with Crippen LogP contribution in [0.2, 0.25) is 0 Å². The van der Waals surface area contributed by atoms with Crippen molar-refractivity contribution in [3.05, 3.63) is 133 Å². The molecule has 0 saturated carbocycles. The van der Waals surface area contributed by atoms with Crippen LogP contribution in [0.15, 0.2) is 133 Å². The Hall–Kier alpha value is -6.32. The van der Waals surface area contributed by atoms with Crippen LogP contribution in [0.3, 0.4) is 0 Å². The van der Waals surface area contributed by atoms with Crippen molar-refractivity contribution < 1.29 is 0 Å². The molecule has 0 N–H and O–H groups in total. The molecule has 12 aromatic rings. The lowest BCUT2D eigenvalue weighted by Gasteiger charge is -2.18. The summed E-state index contributed by atoms with van der Waals surface area (Å²) in [7, 11) is 0. The lowest BCUT2D eigenvalue weighted by atomic mass is 9.85. The second kappa shape index (κ2) is 15.7. The first-order chi connectivity index (χ1) is 31.8. The summed E-state index contributed by atoms with van der Waals surface area (Å²) in [6, 6.07) is 52.1. The van der Waals surface area contributed by atoms with Gasteiger partial charge in [0.15, 0.2) is 0 Å². The fourth-order valence-electron chi connectivity index (χ4n) is 12.0. The molecule has 1 atom stereocenters. The fourth-order valence-corrected chi connectivity index (χ4v) is 12.0. The van der Waals surface area contributed by atoms with E-state index in [2.05, 4.69) is 189 Å². The standard InChI is InChI=1S/C62H61N3/c1-7-9-16-40(8-2)37-65-57-35-51(41-25-27-45-43-17-10-12-23-53(43)63(55(45)33-41)31-29-38(3)4)49-21-14-19-47-48-20-15-22-50-52(36-58(65)62(60(48)50)61(57)59(47)49)42-26-28-46-44-18-11-13-24-54(44)64(56(46)34-42)32-30-39(5)6/h10-15,17-28,33-36,38-40H,7-9,16,29-32,37H2,1-6H3.